The minimum absolute atomic E-state index is 0.0766. The molecular weight excluding hydrogens is 504 g/mol. The molecule has 0 atom stereocenters. The summed E-state index contributed by atoms with van der Waals surface area (Å²) in [7, 11) is -3.73. The van der Waals surface area contributed by atoms with E-state index in [-0.39, 0.29) is 5.75 Å². The van der Waals surface area contributed by atoms with Gasteiger partial charge in [0.15, 0.2) is 0 Å². The van der Waals surface area contributed by atoms with E-state index in [2.05, 4.69) is 16.6 Å². The number of unbranched alkanes of at least 4 members (excludes halogenated alkanes) is 2. The maximum absolute atomic E-state index is 13.1. The van der Waals surface area contributed by atoms with Gasteiger partial charge in [0.2, 0.25) is 10.0 Å². The zero-order valence-corrected chi connectivity index (χ0v) is 22.5. The predicted octanol–water partition coefficient (Wildman–Crippen LogP) is 6.67. The number of nitrogens with one attached hydrogen (secondary N) is 1. The van der Waals surface area contributed by atoms with Crippen LogP contribution >= 0.6 is 11.6 Å². The lowest BCUT2D eigenvalue weighted by Crippen LogP contribution is -2.36. The molecule has 1 aromatic heterocycles. The monoisotopic (exact) mass is 532 g/mol. The molecular formula is C30H29ClN2O3S. The second kappa shape index (κ2) is 11.7. The molecule has 3 aromatic carbocycles. The molecule has 0 saturated carbocycles. The Morgan fingerprint density at radius 3 is 2.38 bits per heavy atom. The van der Waals surface area contributed by atoms with E-state index in [9.17, 15) is 13.2 Å². The average molecular weight is 533 g/mol. The Morgan fingerprint density at radius 2 is 1.65 bits per heavy atom. The molecule has 0 aliphatic heterocycles. The van der Waals surface area contributed by atoms with Gasteiger partial charge in [-0.3, -0.25) is 4.57 Å². The summed E-state index contributed by atoms with van der Waals surface area (Å²) in [5.41, 5.74) is 4.87. The molecule has 7 heteroatoms. The molecule has 0 saturated heterocycles. The number of carbonyl (C=O) groups is 1. The maximum Gasteiger partial charge on any atom is 0.339 e. The number of rotatable bonds is 7. The molecule has 0 radical (unpaired) electrons. The lowest BCUT2D eigenvalue weighted by molar-refractivity contribution is 0.247. The first-order valence-electron chi connectivity index (χ1n) is 12.3. The second-order valence-electron chi connectivity index (χ2n) is 8.95. The Kier molecular flexibility index (Phi) is 8.38. The van der Waals surface area contributed by atoms with E-state index in [4.69, 9.17) is 11.6 Å². The topological polar surface area (TPSA) is 68.2 Å². The van der Waals surface area contributed by atoms with Crippen molar-refractivity contribution in [3.63, 3.8) is 0 Å². The normalized spacial score (nSPS) is 11.2. The van der Waals surface area contributed by atoms with Gasteiger partial charge in [0.05, 0.1) is 11.3 Å². The highest BCUT2D eigenvalue weighted by molar-refractivity contribution is 7.90. The van der Waals surface area contributed by atoms with E-state index < -0.39 is 16.1 Å². The van der Waals surface area contributed by atoms with Crippen LogP contribution in [0.1, 0.15) is 54.1 Å². The van der Waals surface area contributed by atoms with E-state index in [1.807, 2.05) is 86.6 Å². The van der Waals surface area contributed by atoms with Crippen molar-refractivity contribution in [3.8, 4) is 11.8 Å². The molecule has 1 N–H and O–H groups in total. The fraction of sp³-hybridized carbons (Fsp3) is 0.233. The number of para-hydroxylation sites is 1. The summed E-state index contributed by atoms with van der Waals surface area (Å²) in [5.74, 6) is 6.20. The molecule has 0 aliphatic carbocycles. The molecule has 0 bridgehead atoms. The molecule has 37 heavy (non-hydrogen) atoms. The third-order valence-corrected chi connectivity index (χ3v) is 7.91. The molecule has 0 spiro atoms. The zero-order chi connectivity index (χ0) is 26.4. The number of amides is 1. The van der Waals surface area contributed by atoms with Crippen LogP contribution in [0.5, 0.6) is 0 Å². The molecule has 1 heterocycles. The smallest absolute Gasteiger partial charge is 0.265 e. The number of hydrogen-bond donors (Lipinski definition) is 1. The number of hydrogen-bond acceptors (Lipinski definition) is 3. The van der Waals surface area contributed by atoms with Crippen molar-refractivity contribution in [1.82, 2.24) is 9.29 Å². The van der Waals surface area contributed by atoms with Crippen molar-refractivity contribution in [2.24, 2.45) is 0 Å². The van der Waals surface area contributed by atoms with E-state index in [0.29, 0.717) is 29.1 Å². The van der Waals surface area contributed by atoms with Gasteiger partial charge in [-0.05, 0) is 54.8 Å². The first-order valence-corrected chi connectivity index (χ1v) is 14.3. The molecule has 5 nitrogen and oxygen atoms in total. The van der Waals surface area contributed by atoms with Gasteiger partial charge >= 0.3 is 6.03 Å². The first-order chi connectivity index (χ1) is 17.8. The Bertz CT molecular complexity index is 1600. The summed E-state index contributed by atoms with van der Waals surface area (Å²) in [5, 5.41) is 1.46. The highest BCUT2D eigenvalue weighted by atomic mass is 35.5. The molecule has 0 unspecified atom stereocenters. The van der Waals surface area contributed by atoms with Crippen LogP contribution in [0.25, 0.3) is 10.9 Å². The minimum Gasteiger partial charge on any atom is -0.265 e. The van der Waals surface area contributed by atoms with Crippen LogP contribution < -0.4 is 4.72 Å². The van der Waals surface area contributed by atoms with Crippen LogP contribution in [0.4, 0.5) is 4.79 Å². The highest BCUT2D eigenvalue weighted by Crippen LogP contribution is 2.30. The van der Waals surface area contributed by atoms with Crippen molar-refractivity contribution in [3.05, 3.63) is 106 Å². The Balaban J connectivity index is 1.62. The standard InChI is InChI=1S/C30H29ClN2O3S/c1-3-4-10-19-37(35,36)32-30(34)33-22(2)27(26-13-8-9-14-29(26)33)21-25-18-17-24(20-28(25)31)16-15-23-11-6-5-7-12-23/h5-9,11-14,17-18,20H,3-4,10,19,21H2,1-2H3,(H,32,34). The van der Waals surface area contributed by atoms with Crippen molar-refractivity contribution in [2.45, 2.75) is 39.5 Å². The number of halogens is 1. The highest BCUT2D eigenvalue weighted by Gasteiger charge is 2.22. The van der Waals surface area contributed by atoms with Crippen molar-refractivity contribution < 1.29 is 13.2 Å². The van der Waals surface area contributed by atoms with Crippen molar-refractivity contribution >= 4 is 38.6 Å². The van der Waals surface area contributed by atoms with E-state index in [0.717, 1.165) is 40.5 Å². The SMILES string of the molecule is CCCCCS(=O)(=O)NC(=O)n1c(C)c(Cc2ccc(C#Cc3ccccc3)cc2Cl)c2ccccc21. The number of carbonyl (C=O) groups excluding carboxylic acids is 1. The van der Waals surface area contributed by atoms with Gasteiger partial charge in [-0.2, -0.15) is 0 Å². The third kappa shape index (κ3) is 6.43. The largest absolute Gasteiger partial charge is 0.339 e. The zero-order valence-electron chi connectivity index (χ0n) is 20.9. The molecule has 190 valence electrons. The van der Waals surface area contributed by atoms with Crippen LogP contribution in [0.2, 0.25) is 5.02 Å². The van der Waals surface area contributed by atoms with Gasteiger partial charge in [0.25, 0.3) is 0 Å². The molecule has 0 aliphatic rings. The third-order valence-electron chi connectivity index (χ3n) is 6.25. The van der Waals surface area contributed by atoms with Crippen LogP contribution in [0.3, 0.4) is 0 Å². The fourth-order valence-electron chi connectivity index (χ4n) is 4.32. The van der Waals surface area contributed by atoms with Gasteiger partial charge < -0.3 is 0 Å². The molecule has 4 rings (SSSR count). The van der Waals surface area contributed by atoms with E-state index in [1.165, 1.54) is 4.57 Å². The van der Waals surface area contributed by atoms with Gasteiger partial charge in [-0.25, -0.2) is 17.9 Å². The lowest BCUT2D eigenvalue weighted by Gasteiger charge is -2.11. The van der Waals surface area contributed by atoms with Gasteiger partial charge in [-0.1, -0.05) is 85.7 Å². The van der Waals surface area contributed by atoms with E-state index in [1.54, 1.807) is 0 Å². The second-order valence-corrected chi connectivity index (χ2v) is 11.2. The number of aromatic nitrogens is 1. The lowest BCUT2D eigenvalue weighted by atomic mass is 10.0. The quantitative estimate of drug-likeness (QED) is 0.213. The summed E-state index contributed by atoms with van der Waals surface area (Å²) < 4.78 is 28.6. The Labute approximate surface area is 223 Å². The summed E-state index contributed by atoms with van der Waals surface area (Å²) in [4.78, 5) is 13.1. The minimum atomic E-state index is -3.73. The van der Waals surface area contributed by atoms with Gasteiger partial charge in [0, 0.05) is 33.7 Å². The number of benzene rings is 3. The van der Waals surface area contributed by atoms with Crippen LogP contribution in [-0.4, -0.2) is 24.8 Å². The van der Waals surface area contributed by atoms with E-state index >= 15 is 0 Å². The number of nitrogens with zero attached hydrogens (tertiary/aromatic N) is 1. The summed E-state index contributed by atoms with van der Waals surface area (Å²) >= 11 is 6.65. The van der Waals surface area contributed by atoms with Gasteiger partial charge in [0.1, 0.15) is 0 Å². The van der Waals surface area contributed by atoms with Gasteiger partial charge in [-0.15, -0.1) is 0 Å². The maximum atomic E-state index is 13.1. The number of sulfonamides is 1. The Hall–Kier alpha value is -3.53. The van der Waals surface area contributed by atoms with Crippen molar-refractivity contribution in [2.75, 3.05) is 5.75 Å². The Morgan fingerprint density at radius 1 is 0.946 bits per heavy atom. The average Bonchev–Trinajstić information content (AvgIpc) is 3.15. The number of fused-ring (bicyclic) bond motifs is 1. The first kappa shape index (κ1) is 26.5. The van der Waals surface area contributed by atoms with Crippen LogP contribution in [-0.2, 0) is 16.4 Å². The fourth-order valence-corrected chi connectivity index (χ4v) is 5.61. The molecule has 0 fully saturated rings. The molecule has 4 aromatic rings. The summed E-state index contributed by atoms with van der Waals surface area (Å²) in [6.45, 7) is 3.83. The molecule has 1 amide bonds. The summed E-state index contributed by atoms with van der Waals surface area (Å²) in [6.07, 6.45) is 2.69. The predicted molar refractivity (Wildman–Crippen MR) is 151 cm³/mol. The van der Waals surface area contributed by atoms with Crippen LogP contribution in [0, 0.1) is 18.8 Å². The van der Waals surface area contributed by atoms with Crippen LogP contribution in [0.15, 0.2) is 72.8 Å². The summed E-state index contributed by atoms with van der Waals surface area (Å²) in [6, 6.07) is 22.3. The van der Waals surface area contributed by atoms with Crippen molar-refractivity contribution in [1.29, 1.82) is 0 Å².